The van der Waals surface area contributed by atoms with E-state index < -0.39 is 10.0 Å². The van der Waals surface area contributed by atoms with Crippen molar-refractivity contribution in [3.8, 4) is 0 Å². The first-order valence-electron chi connectivity index (χ1n) is 7.91. The van der Waals surface area contributed by atoms with Crippen molar-refractivity contribution in [2.24, 2.45) is 0 Å². The Labute approximate surface area is 155 Å². The van der Waals surface area contributed by atoms with Crippen molar-refractivity contribution in [3.05, 3.63) is 89.1 Å². The number of hydrogen-bond acceptors (Lipinski definition) is 2. The maximum absolute atomic E-state index is 12.4. The Bertz CT molecular complexity index is 856. The summed E-state index contributed by atoms with van der Waals surface area (Å²) in [5.74, 6) is 0. The summed E-state index contributed by atoms with van der Waals surface area (Å²) in [5, 5.41) is 0.204. The van der Waals surface area contributed by atoms with Gasteiger partial charge < -0.3 is 0 Å². The number of halogens is 1. The van der Waals surface area contributed by atoms with Gasteiger partial charge in [-0.05, 0) is 30.0 Å². The number of hydrogen-bond donors (Lipinski definition) is 0. The molecule has 0 bridgehead atoms. The van der Waals surface area contributed by atoms with Crippen LogP contribution in [0.25, 0.3) is 5.57 Å². The van der Waals surface area contributed by atoms with Crippen LogP contribution in [0.15, 0.2) is 72.4 Å². The van der Waals surface area contributed by atoms with Gasteiger partial charge in [-0.1, -0.05) is 77.8 Å². The minimum Gasteiger partial charge on any atom is -0.255 e. The van der Waals surface area contributed by atoms with Gasteiger partial charge in [0.1, 0.15) is 5.16 Å². The molecule has 0 spiro atoms. The van der Waals surface area contributed by atoms with Crippen LogP contribution in [0.3, 0.4) is 0 Å². The van der Waals surface area contributed by atoms with Gasteiger partial charge in [-0.15, -0.1) is 6.58 Å². The first-order chi connectivity index (χ1) is 11.8. The second kappa shape index (κ2) is 8.37. The van der Waals surface area contributed by atoms with Gasteiger partial charge >= 0.3 is 0 Å². The van der Waals surface area contributed by atoms with E-state index in [9.17, 15) is 8.42 Å². The first-order valence-corrected chi connectivity index (χ1v) is 10.1. The molecule has 0 heterocycles. The largest absolute Gasteiger partial charge is 0.255 e. The average molecular weight is 376 g/mol. The van der Waals surface area contributed by atoms with Crippen LogP contribution in [0.1, 0.15) is 23.1 Å². The molecule has 0 aliphatic heterocycles. The van der Waals surface area contributed by atoms with Crippen molar-refractivity contribution < 1.29 is 8.42 Å². The van der Waals surface area contributed by atoms with Gasteiger partial charge in [0.05, 0.1) is 12.8 Å². The predicted octanol–water partition coefficient (Wildman–Crippen LogP) is 4.94. The third-order valence-electron chi connectivity index (χ3n) is 3.79. The van der Waals surface area contributed by atoms with Crippen molar-refractivity contribution >= 4 is 27.2 Å². The third-order valence-corrected chi connectivity index (χ3v) is 5.43. The fourth-order valence-electron chi connectivity index (χ4n) is 2.45. The number of sulfonamides is 1. The monoisotopic (exact) mass is 375 g/mol. The van der Waals surface area contributed by atoms with Gasteiger partial charge in [0.2, 0.25) is 10.0 Å². The summed E-state index contributed by atoms with van der Waals surface area (Å²) in [4.78, 5) is 0. The van der Waals surface area contributed by atoms with Crippen LogP contribution in [0, 0.1) is 6.92 Å². The van der Waals surface area contributed by atoms with Gasteiger partial charge in [0.15, 0.2) is 0 Å². The molecule has 0 atom stereocenters. The number of nitrogens with zero attached hydrogens (tertiary/aromatic N) is 1. The molecule has 25 heavy (non-hydrogen) atoms. The minimum atomic E-state index is -3.53. The third kappa shape index (κ3) is 5.21. The molecule has 0 aliphatic rings. The zero-order valence-electron chi connectivity index (χ0n) is 14.4. The predicted molar refractivity (Wildman–Crippen MR) is 106 cm³/mol. The summed E-state index contributed by atoms with van der Waals surface area (Å²) < 4.78 is 25.9. The molecule has 0 aromatic heterocycles. The van der Waals surface area contributed by atoms with E-state index in [0.29, 0.717) is 6.42 Å². The lowest BCUT2D eigenvalue weighted by atomic mass is 10.0. The highest BCUT2D eigenvalue weighted by atomic mass is 35.5. The molecule has 0 unspecified atom stereocenters. The lowest BCUT2D eigenvalue weighted by Gasteiger charge is -2.24. The second-order valence-electron chi connectivity index (χ2n) is 5.88. The standard InChI is InChI=1S/C20H22ClNO2S/c1-4-8-19(18-13-11-16(2)12-14-18)20(21)22(25(3,23)24)15-17-9-6-5-7-10-17/h4-7,9-14H,1,8,15H2,2-3H3/b20-19-. The summed E-state index contributed by atoms with van der Waals surface area (Å²) >= 11 is 6.58. The lowest BCUT2D eigenvalue weighted by molar-refractivity contribution is 0.494. The molecule has 0 fully saturated rings. The number of aryl methyl sites for hydroxylation is 1. The molecule has 0 radical (unpaired) electrons. The summed E-state index contributed by atoms with van der Waals surface area (Å²) in [6.45, 7) is 5.96. The van der Waals surface area contributed by atoms with Crippen molar-refractivity contribution in [1.82, 2.24) is 4.31 Å². The molecule has 2 rings (SSSR count). The normalized spacial score (nSPS) is 12.4. The smallest absolute Gasteiger partial charge is 0.233 e. The zero-order valence-corrected chi connectivity index (χ0v) is 16.0. The summed E-state index contributed by atoms with van der Waals surface area (Å²) in [7, 11) is -3.53. The topological polar surface area (TPSA) is 37.4 Å². The summed E-state index contributed by atoms with van der Waals surface area (Å²) in [5.41, 5.74) is 3.62. The van der Waals surface area contributed by atoms with Crippen LogP contribution in [0.5, 0.6) is 0 Å². The number of allylic oxidation sites excluding steroid dienone is 2. The molecule has 132 valence electrons. The SMILES string of the molecule is C=CC/C(=C(\Cl)N(Cc1ccccc1)S(C)(=O)=O)c1ccc(C)cc1. The van der Waals surface area contributed by atoms with Crippen LogP contribution in [-0.4, -0.2) is 19.0 Å². The van der Waals surface area contributed by atoms with Crippen LogP contribution >= 0.6 is 11.6 Å². The molecule has 0 saturated carbocycles. The maximum atomic E-state index is 12.4. The van der Waals surface area contributed by atoms with Gasteiger partial charge in [-0.25, -0.2) is 8.42 Å². The fourth-order valence-corrected chi connectivity index (χ4v) is 3.86. The van der Waals surface area contributed by atoms with Crippen LogP contribution < -0.4 is 0 Å². The van der Waals surface area contributed by atoms with Crippen LogP contribution in [0.4, 0.5) is 0 Å². The molecule has 0 N–H and O–H groups in total. The Morgan fingerprint density at radius 3 is 2.24 bits per heavy atom. The van der Waals surface area contributed by atoms with E-state index in [4.69, 9.17) is 11.6 Å². The van der Waals surface area contributed by atoms with E-state index in [2.05, 4.69) is 6.58 Å². The van der Waals surface area contributed by atoms with E-state index in [1.807, 2.05) is 61.5 Å². The molecule has 2 aromatic rings. The number of rotatable bonds is 7. The van der Waals surface area contributed by atoms with Crippen LogP contribution in [-0.2, 0) is 16.6 Å². The second-order valence-corrected chi connectivity index (χ2v) is 8.15. The van der Waals surface area contributed by atoms with Crippen LogP contribution in [0.2, 0.25) is 0 Å². The molecule has 0 saturated heterocycles. The molecule has 0 amide bonds. The summed E-state index contributed by atoms with van der Waals surface area (Å²) in [6, 6.07) is 17.2. The quantitative estimate of drug-likeness (QED) is 0.507. The molecular weight excluding hydrogens is 354 g/mol. The lowest BCUT2D eigenvalue weighted by Crippen LogP contribution is -2.27. The first kappa shape index (κ1) is 19.3. The fraction of sp³-hybridized carbons (Fsp3) is 0.200. The highest BCUT2D eigenvalue weighted by molar-refractivity contribution is 7.88. The minimum absolute atomic E-state index is 0.186. The van der Waals surface area contributed by atoms with Gasteiger partial charge in [0.25, 0.3) is 0 Å². The van der Waals surface area contributed by atoms with E-state index in [-0.39, 0.29) is 11.7 Å². The van der Waals surface area contributed by atoms with Gasteiger partial charge in [-0.3, -0.25) is 4.31 Å². The van der Waals surface area contributed by atoms with Gasteiger partial charge in [-0.2, -0.15) is 0 Å². The van der Waals surface area contributed by atoms with Crippen molar-refractivity contribution in [2.75, 3.05) is 6.26 Å². The molecule has 3 nitrogen and oxygen atoms in total. The molecular formula is C20H22ClNO2S. The molecule has 0 aliphatic carbocycles. The van der Waals surface area contributed by atoms with Gasteiger partial charge in [0, 0.05) is 0 Å². The highest BCUT2D eigenvalue weighted by Gasteiger charge is 2.22. The van der Waals surface area contributed by atoms with E-state index in [0.717, 1.165) is 22.3 Å². The molecule has 5 heteroatoms. The summed E-state index contributed by atoms with van der Waals surface area (Å²) in [6.07, 6.45) is 3.36. The Balaban J connectivity index is 2.52. The Morgan fingerprint density at radius 1 is 1.12 bits per heavy atom. The number of benzene rings is 2. The van der Waals surface area contributed by atoms with Crippen molar-refractivity contribution in [2.45, 2.75) is 19.9 Å². The van der Waals surface area contributed by atoms with Crippen molar-refractivity contribution in [1.29, 1.82) is 0 Å². The van der Waals surface area contributed by atoms with E-state index in [1.54, 1.807) is 6.08 Å². The Hall–Kier alpha value is -2.04. The highest BCUT2D eigenvalue weighted by Crippen LogP contribution is 2.30. The Morgan fingerprint density at radius 2 is 1.72 bits per heavy atom. The zero-order chi connectivity index (χ0) is 18.4. The average Bonchev–Trinajstić information content (AvgIpc) is 2.58. The Kier molecular flexibility index (Phi) is 6.45. The van der Waals surface area contributed by atoms with E-state index in [1.165, 1.54) is 10.6 Å². The maximum Gasteiger partial charge on any atom is 0.233 e. The molecule has 2 aromatic carbocycles. The van der Waals surface area contributed by atoms with Crippen molar-refractivity contribution in [3.63, 3.8) is 0 Å². The van der Waals surface area contributed by atoms with E-state index >= 15 is 0 Å².